The Bertz CT molecular complexity index is 513. The molecule has 3 N–H and O–H groups in total. The number of phenolic OH excluding ortho intramolecular Hbond substituents is 1. The SMILES string of the molecule is Nc1ccc(SCc2ccc(O)cc2)c(Br)c1. The van der Waals surface area contributed by atoms with Crippen LogP contribution in [0.2, 0.25) is 0 Å². The van der Waals surface area contributed by atoms with E-state index in [1.165, 1.54) is 5.56 Å². The molecule has 2 aromatic carbocycles. The van der Waals surface area contributed by atoms with Gasteiger partial charge in [0.05, 0.1) is 0 Å². The minimum Gasteiger partial charge on any atom is -0.508 e. The second kappa shape index (κ2) is 5.47. The Morgan fingerprint density at radius 3 is 2.47 bits per heavy atom. The van der Waals surface area contributed by atoms with Crippen LogP contribution in [0.25, 0.3) is 0 Å². The van der Waals surface area contributed by atoms with Crippen molar-refractivity contribution in [2.75, 3.05) is 5.73 Å². The van der Waals surface area contributed by atoms with Gasteiger partial charge in [-0.05, 0) is 51.8 Å². The van der Waals surface area contributed by atoms with Crippen molar-refractivity contribution in [1.29, 1.82) is 0 Å². The summed E-state index contributed by atoms with van der Waals surface area (Å²) in [6.45, 7) is 0. The molecule has 0 unspecified atom stereocenters. The summed E-state index contributed by atoms with van der Waals surface area (Å²) in [6, 6.07) is 13.1. The third kappa shape index (κ3) is 3.41. The Hall–Kier alpha value is -1.13. The molecule has 0 atom stereocenters. The van der Waals surface area contributed by atoms with Gasteiger partial charge in [0, 0.05) is 20.8 Å². The third-order valence-electron chi connectivity index (χ3n) is 2.29. The van der Waals surface area contributed by atoms with Gasteiger partial charge in [0.1, 0.15) is 5.75 Å². The van der Waals surface area contributed by atoms with Crippen molar-refractivity contribution in [3.05, 3.63) is 52.5 Å². The highest BCUT2D eigenvalue weighted by Gasteiger charge is 2.02. The predicted octanol–water partition coefficient (Wildman–Crippen LogP) is 4.03. The van der Waals surface area contributed by atoms with E-state index in [0.29, 0.717) is 5.75 Å². The third-order valence-corrected chi connectivity index (χ3v) is 4.35. The Balaban J connectivity index is 2.04. The summed E-state index contributed by atoms with van der Waals surface area (Å²) in [7, 11) is 0. The molecule has 88 valence electrons. The maximum atomic E-state index is 9.19. The van der Waals surface area contributed by atoms with Crippen molar-refractivity contribution in [3.8, 4) is 5.75 Å². The molecule has 0 aromatic heterocycles. The van der Waals surface area contributed by atoms with E-state index in [9.17, 15) is 5.11 Å². The summed E-state index contributed by atoms with van der Waals surface area (Å²) in [5, 5.41) is 9.19. The zero-order valence-electron chi connectivity index (χ0n) is 9.06. The fourth-order valence-electron chi connectivity index (χ4n) is 1.39. The smallest absolute Gasteiger partial charge is 0.115 e. The highest BCUT2D eigenvalue weighted by atomic mass is 79.9. The Morgan fingerprint density at radius 2 is 1.82 bits per heavy atom. The van der Waals surface area contributed by atoms with Crippen LogP contribution in [-0.4, -0.2) is 5.11 Å². The average Bonchev–Trinajstić information content (AvgIpc) is 2.30. The molecule has 0 bridgehead atoms. The lowest BCUT2D eigenvalue weighted by atomic mass is 10.2. The number of hydrogen-bond acceptors (Lipinski definition) is 3. The molecule has 0 amide bonds. The van der Waals surface area contributed by atoms with Gasteiger partial charge in [-0.25, -0.2) is 0 Å². The summed E-state index contributed by atoms with van der Waals surface area (Å²) in [5.41, 5.74) is 7.62. The second-order valence-electron chi connectivity index (χ2n) is 3.64. The number of rotatable bonds is 3. The van der Waals surface area contributed by atoms with Crippen molar-refractivity contribution >= 4 is 33.4 Å². The zero-order valence-corrected chi connectivity index (χ0v) is 11.5. The zero-order chi connectivity index (χ0) is 12.3. The molecule has 0 radical (unpaired) electrons. The lowest BCUT2D eigenvalue weighted by Gasteiger charge is -2.05. The molecule has 0 fully saturated rings. The number of anilines is 1. The minimum atomic E-state index is 0.299. The fraction of sp³-hybridized carbons (Fsp3) is 0.0769. The summed E-state index contributed by atoms with van der Waals surface area (Å²) in [4.78, 5) is 1.16. The standard InChI is InChI=1S/C13H12BrNOS/c14-12-7-10(15)3-6-13(12)17-8-9-1-4-11(16)5-2-9/h1-7,16H,8,15H2. The van der Waals surface area contributed by atoms with Gasteiger partial charge >= 0.3 is 0 Å². The predicted molar refractivity (Wildman–Crippen MR) is 76.2 cm³/mol. The molecule has 0 saturated carbocycles. The molecule has 2 aromatic rings. The first kappa shape index (κ1) is 12.3. The minimum absolute atomic E-state index is 0.299. The van der Waals surface area contributed by atoms with E-state index in [1.54, 1.807) is 23.9 Å². The number of phenols is 1. The van der Waals surface area contributed by atoms with Crippen molar-refractivity contribution < 1.29 is 5.11 Å². The van der Waals surface area contributed by atoms with Gasteiger partial charge in [0.2, 0.25) is 0 Å². The lowest BCUT2D eigenvalue weighted by Crippen LogP contribution is -1.85. The molecule has 0 heterocycles. The van der Waals surface area contributed by atoms with Gasteiger partial charge in [-0.2, -0.15) is 0 Å². The van der Waals surface area contributed by atoms with Crippen molar-refractivity contribution in [2.24, 2.45) is 0 Å². The quantitative estimate of drug-likeness (QED) is 0.664. The molecule has 17 heavy (non-hydrogen) atoms. The summed E-state index contributed by atoms with van der Waals surface area (Å²) in [5.74, 6) is 1.16. The van der Waals surface area contributed by atoms with Crippen LogP contribution < -0.4 is 5.73 Å². The number of thioether (sulfide) groups is 1. The fourth-order valence-corrected chi connectivity index (χ4v) is 3.00. The highest BCUT2D eigenvalue weighted by molar-refractivity contribution is 9.10. The first-order chi connectivity index (χ1) is 8.15. The van der Waals surface area contributed by atoms with Crippen LogP contribution in [0.1, 0.15) is 5.56 Å². The van der Waals surface area contributed by atoms with E-state index in [4.69, 9.17) is 5.73 Å². The van der Waals surface area contributed by atoms with Crippen molar-refractivity contribution in [3.63, 3.8) is 0 Å². The number of hydrogen-bond donors (Lipinski definition) is 2. The molecule has 2 rings (SSSR count). The summed E-state index contributed by atoms with van der Waals surface area (Å²) in [6.07, 6.45) is 0. The van der Waals surface area contributed by atoms with Crippen molar-refractivity contribution in [2.45, 2.75) is 10.6 Å². The average molecular weight is 310 g/mol. The Morgan fingerprint density at radius 1 is 1.12 bits per heavy atom. The van der Waals surface area contributed by atoms with Gasteiger partial charge in [-0.3, -0.25) is 0 Å². The van der Waals surface area contributed by atoms with E-state index >= 15 is 0 Å². The normalized spacial score (nSPS) is 10.4. The van der Waals surface area contributed by atoms with Crippen LogP contribution in [0, 0.1) is 0 Å². The van der Waals surface area contributed by atoms with Gasteiger partial charge in [0.25, 0.3) is 0 Å². The molecule has 0 aliphatic heterocycles. The van der Waals surface area contributed by atoms with E-state index in [-0.39, 0.29) is 0 Å². The van der Waals surface area contributed by atoms with Crippen molar-refractivity contribution in [1.82, 2.24) is 0 Å². The van der Waals surface area contributed by atoms with E-state index < -0.39 is 0 Å². The first-order valence-corrected chi connectivity index (χ1v) is 6.89. The van der Waals surface area contributed by atoms with E-state index in [0.717, 1.165) is 20.8 Å². The summed E-state index contributed by atoms with van der Waals surface area (Å²) < 4.78 is 1.02. The molecule has 0 aliphatic carbocycles. The van der Waals surface area contributed by atoms with Crippen LogP contribution in [0.4, 0.5) is 5.69 Å². The Labute approximate surface area is 113 Å². The maximum Gasteiger partial charge on any atom is 0.115 e. The topological polar surface area (TPSA) is 46.2 Å². The van der Waals surface area contributed by atoms with Gasteiger partial charge in [0.15, 0.2) is 0 Å². The van der Waals surface area contributed by atoms with E-state index in [1.807, 2.05) is 30.3 Å². The second-order valence-corrected chi connectivity index (χ2v) is 5.52. The van der Waals surface area contributed by atoms with Crippen LogP contribution >= 0.6 is 27.7 Å². The molecule has 0 aliphatic rings. The number of halogens is 1. The maximum absolute atomic E-state index is 9.19. The highest BCUT2D eigenvalue weighted by Crippen LogP contribution is 2.31. The van der Waals surface area contributed by atoms with Crippen LogP contribution in [-0.2, 0) is 5.75 Å². The molecule has 2 nitrogen and oxygen atoms in total. The number of nitrogen functional groups attached to an aromatic ring is 1. The largest absolute Gasteiger partial charge is 0.508 e. The van der Waals surface area contributed by atoms with Gasteiger partial charge < -0.3 is 10.8 Å². The molecule has 0 spiro atoms. The van der Waals surface area contributed by atoms with Crippen LogP contribution in [0.3, 0.4) is 0 Å². The van der Waals surface area contributed by atoms with Crippen LogP contribution in [0.15, 0.2) is 51.8 Å². The molecule has 0 saturated heterocycles. The van der Waals surface area contributed by atoms with E-state index in [2.05, 4.69) is 15.9 Å². The number of benzene rings is 2. The Kier molecular flexibility index (Phi) is 3.97. The lowest BCUT2D eigenvalue weighted by molar-refractivity contribution is 0.475. The molecular formula is C13H12BrNOS. The van der Waals surface area contributed by atoms with Gasteiger partial charge in [-0.1, -0.05) is 12.1 Å². The van der Waals surface area contributed by atoms with Crippen LogP contribution in [0.5, 0.6) is 5.75 Å². The number of aromatic hydroxyl groups is 1. The molecule has 4 heteroatoms. The number of nitrogens with two attached hydrogens (primary N) is 1. The monoisotopic (exact) mass is 309 g/mol. The first-order valence-electron chi connectivity index (χ1n) is 5.11. The molecular weight excluding hydrogens is 298 g/mol. The summed E-state index contributed by atoms with van der Waals surface area (Å²) >= 11 is 5.22. The van der Waals surface area contributed by atoms with Gasteiger partial charge in [-0.15, -0.1) is 11.8 Å².